The van der Waals surface area contributed by atoms with Gasteiger partial charge in [-0.25, -0.2) is 9.07 Å². The summed E-state index contributed by atoms with van der Waals surface area (Å²) in [5, 5.41) is 9.13. The fraction of sp³-hybridized carbons (Fsp3) is 0.519. The van der Waals surface area contributed by atoms with Crippen LogP contribution in [0.3, 0.4) is 0 Å². The van der Waals surface area contributed by atoms with E-state index in [9.17, 15) is 36.7 Å². The Morgan fingerprint density at radius 3 is 2.24 bits per heavy atom. The van der Waals surface area contributed by atoms with Crippen LogP contribution in [0.15, 0.2) is 24.4 Å². The minimum absolute atomic E-state index is 0.0667. The van der Waals surface area contributed by atoms with E-state index in [1.807, 2.05) is 0 Å². The van der Waals surface area contributed by atoms with Gasteiger partial charge in [0.2, 0.25) is 11.8 Å². The first kappa shape index (κ1) is 32.0. The lowest BCUT2D eigenvalue weighted by molar-refractivity contribution is -0.175. The van der Waals surface area contributed by atoms with Crippen molar-refractivity contribution in [3.05, 3.63) is 46.5 Å². The summed E-state index contributed by atoms with van der Waals surface area (Å²) >= 11 is 5.82. The van der Waals surface area contributed by atoms with Gasteiger partial charge in [-0.05, 0) is 49.8 Å². The van der Waals surface area contributed by atoms with E-state index >= 15 is 0 Å². The average molecular weight is 602 g/mol. The molecule has 9 nitrogen and oxygen atoms in total. The zero-order chi connectivity index (χ0) is 30.8. The Hall–Kier alpha value is -3.48. The number of benzene rings is 1. The second-order valence-corrected chi connectivity index (χ2v) is 11.1. The van der Waals surface area contributed by atoms with Crippen LogP contribution in [-0.4, -0.2) is 69.0 Å². The molecule has 0 radical (unpaired) electrons. The molecule has 0 unspecified atom stereocenters. The van der Waals surface area contributed by atoms with Crippen molar-refractivity contribution in [1.29, 1.82) is 0 Å². The van der Waals surface area contributed by atoms with E-state index < -0.39 is 65.5 Å². The van der Waals surface area contributed by atoms with Gasteiger partial charge in [0.25, 0.3) is 11.7 Å². The van der Waals surface area contributed by atoms with Crippen LogP contribution < -0.4 is 10.6 Å². The van der Waals surface area contributed by atoms with Crippen molar-refractivity contribution in [2.75, 3.05) is 6.54 Å². The first-order chi connectivity index (χ1) is 19.0. The highest BCUT2D eigenvalue weighted by Gasteiger charge is 2.46. The number of Topliss-reactive ketones (excluding diaryl/α,β-unsaturated/α-hetero) is 1. The van der Waals surface area contributed by atoms with Gasteiger partial charge in [-0.1, -0.05) is 39.3 Å². The first-order valence-corrected chi connectivity index (χ1v) is 13.4. The minimum atomic E-state index is -5.13. The Morgan fingerprint density at radius 1 is 1.05 bits per heavy atom. The molecule has 224 valence electrons. The number of carbonyl (C=O) groups is 4. The molecular formula is C27H32ClF4N5O4. The van der Waals surface area contributed by atoms with E-state index in [1.54, 1.807) is 20.8 Å². The summed E-state index contributed by atoms with van der Waals surface area (Å²) in [4.78, 5) is 52.9. The van der Waals surface area contributed by atoms with Crippen LogP contribution in [0.1, 0.15) is 56.6 Å². The highest BCUT2D eigenvalue weighted by Crippen LogP contribution is 2.25. The van der Waals surface area contributed by atoms with Crippen molar-refractivity contribution in [3.8, 4) is 5.69 Å². The summed E-state index contributed by atoms with van der Waals surface area (Å²) in [6, 6.07) is -0.0189. The van der Waals surface area contributed by atoms with Crippen molar-refractivity contribution < 1.29 is 36.7 Å². The van der Waals surface area contributed by atoms with Gasteiger partial charge in [0, 0.05) is 11.6 Å². The van der Waals surface area contributed by atoms with Crippen molar-refractivity contribution in [2.24, 2.45) is 11.8 Å². The van der Waals surface area contributed by atoms with Gasteiger partial charge in [-0.3, -0.25) is 19.2 Å². The average Bonchev–Trinajstić information content (AvgIpc) is 3.51. The van der Waals surface area contributed by atoms with Gasteiger partial charge in [0.1, 0.15) is 23.6 Å². The predicted octanol–water partition coefficient (Wildman–Crippen LogP) is 3.99. The fourth-order valence-corrected chi connectivity index (χ4v) is 4.86. The summed E-state index contributed by atoms with van der Waals surface area (Å²) < 4.78 is 54.9. The molecule has 1 aliphatic rings. The molecule has 3 rings (SSSR count). The third kappa shape index (κ3) is 7.06. The Kier molecular flexibility index (Phi) is 9.83. The number of nitrogens with zero attached hydrogens (tertiary/aromatic N) is 3. The van der Waals surface area contributed by atoms with Gasteiger partial charge >= 0.3 is 6.18 Å². The standard InChI is InChI=1S/C27H32ClF4N5O4/c1-13(2)21(23(38)27(30,31)32)34-25(40)20-7-6-10-36(20)26(41)22(14(3)4)35-24(39)17-12-33-37(15(17)5)19-9-8-16(28)11-18(19)29/h8-9,11-14,20-22H,6-7,10H2,1-5H3,(H,34,40)(H,35,39)/t20-,21-,22-/m0/s1. The van der Waals surface area contributed by atoms with Gasteiger partial charge < -0.3 is 15.5 Å². The maximum absolute atomic E-state index is 14.4. The maximum atomic E-state index is 14.4. The van der Waals surface area contributed by atoms with E-state index in [1.165, 1.54) is 41.8 Å². The molecule has 1 aromatic heterocycles. The topological polar surface area (TPSA) is 113 Å². The van der Waals surface area contributed by atoms with Crippen LogP contribution >= 0.6 is 11.6 Å². The number of carbonyl (C=O) groups excluding carboxylic acids is 4. The van der Waals surface area contributed by atoms with E-state index in [2.05, 4.69) is 15.7 Å². The molecule has 1 saturated heterocycles. The molecule has 1 aromatic carbocycles. The number of ketones is 1. The lowest BCUT2D eigenvalue weighted by Crippen LogP contribution is -2.58. The molecule has 0 spiro atoms. The molecule has 0 saturated carbocycles. The van der Waals surface area contributed by atoms with E-state index in [-0.39, 0.29) is 29.2 Å². The number of aromatic nitrogens is 2. The van der Waals surface area contributed by atoms with Crippen LogP contribution in [0.5, 0.6) is 0 Å². The lowest BCUT2D eigenvalue weighted by Gasteiger charge is -2.31. The van der Waals surface area contributed by atoms with Crippen LogP contribution in [0, 0.1) is 24.6 Å². The quantitative estimate of drug-likeness (QED) is 0.422. The summed E-state index contributed by atoms with van der Waals surface area (Å²) in [6.07, 6.45) is -3.32. The molecule has 2 heterocycles. The van der Waals surface area contributed by atoms with Gasteiger partial charge in [-0.2, -0.15) is 18.3 Å². The van der Waals surface area contributed by atoms with Crippen molar-refractivity contribution in [1.82, 2.24) is 25.3 Å². The van der Waals surface area contributed by atoms with E-state index in [0.717, 1.165) is 6.07 Å². The lowest BCUT2D eigenvalue weighted by atomic mass is 9.98. The zero-order valence-corrected chi connectivity index (χ0v) is 23.9. The van der Waals surface area contributed by atoms with Crippen LogP contribution in [0.4, 0.5) is 17.6 Å². The van der Waals surface area contributed by atoms with Gasteiger partial charge in [-0.15, -0.1) is 0 Å². The normalized spacial score (nSPS) is 17.1. The number of nitrogens with one attached hydrogen (secondary N) is 2. The Balaban J connectivity index is 1.79. The Bertz CT molecular complexity index is 1330. The van der Waals surface area contributed by atoms with Crippen LogP contribution in [-0.2, 0) is 14.4 Å². The summed E-state index contributed by atoms with van der Waals surface area (Å²) in [6.45, 7) is 7.82. The summed E-state index contributed by atoms with van der Waals surface area (Å²) in [7, 11) is 0. The van der Waals surface area contributed by atoms with Crippen molar-refractivity contribution >= 4 is 35.1 Å². The second kappa shape index (κ2) is 12.6. The largest absolute Gasteiger partial charge is 0.452 e. The third-order valence-corrected chi connectivity index (χ3v) is 7.21. The van der Waals surface area contributed by atoms with Crippen LogP contribution in [0.25, 0.3) is 5.69 Å². The molecule has 1 aliphatic heterocycles. The number of likely N-dealkylation sites (tertiary alicyclic amines) is 1. The summed E-state index contributed by atoms with van der Waals surface area (Å²) in [5.74, 6) is -6.13. The number of hydrogen-bond donors (Lipinski definition) is 2. The molecular weight excluding hydrogens is 570 g/mol. The SMILES string of the molecule is Cc1c(C(=O)N[C@H](C(=O)N2CCC[C@H]2C(=O)N[C@H](C(=O)C(F)(F)F)C(C)C)C(C)C)cnn1-c1ccc(Cl)cc1F. The molecule has 14 heteroatoms. The summed E-state index contributed by atoms with van der Waals surface area (Å²) in [5.41, 5.74) is 0.446. The number of amides is 3. The number of rotatable bonds is 9. The van der Waals surface area contributed by atoms with Gasteiger partial charge in [0.05, 0.1) is 23.5 Å². The van der Waals surface area contributed by atoms with Crippen molar-refractivity contribution in [2.45, 2.75) is 71.8 Å². The molecule has 1 fully saturated rings. The van der Waals surface area contributed by atoms with E-state index in [0.29, 0.717) is 12.1 Å². The van der Waals surface area contributed by atoms with Crippen molar-refractivity contribution in [3.63, 3.8) is 0 Å². The number of hydrogen-bond acceptors (Lipinski definition) is 5. The fourth-order valence-electron chi connectivity index (χ4n) is 4.70. The molecule has 3 amide bonds. The van der Waals surface area contributed by atoms with Gasteiger partial charge in [0.15, 0.2) is 0 Å². The Labute approximate surface area is 239 Å². The molecule has 2 aromatic rings. The van der Waals surface area contributed by atoms with E-state index in [4.69, 9.17) is 11.6 Å². The molecule has 0 aliphatic carbocycles. The first-order valence-electron chi connectivity index (χ1n) is 13.1. The smallest absolute Gasteiger partial charge is 0.344 e. The molecule has 3 atom stereocenters. The molecule has 41 heavy (non-hydrogen) atoms. The highest BCUT2D eigenvalue weighted by molar-refractivity contribution is 6.30. The number of halogens is 5. The second-order valence-electron chi connectivity index (χ2n) is 10.6. The number of alkyl halides is 3. The molecule has 2 N–H and O–H groups in total. The predicted molar refractivity (Wildman–Crippen MR) is 142 cm³/mol. The third-order valence-electron chi connectivity index (χ3n) is 6.98. The highest BCUT2D eigenvalue weighted by atomic mass is 35.5. The molecule has 0 bridgehead atoms. The Morgan fingerprint density at radius 2 is 1.68 bits per heavy atom. The maximum Gasteiger partial charge on any atom is 0.452 e. The monoisotopic (exact) mass is 601 g/mol. The van der Waals surface area contributed by atoms with Crippen LogP contribution in [0.2, 0.25) is 5.02 Å². The zero-order valence-electron chi connectivity index (χ0n) is 23.2. The minimum Gasteiger partial charge on any atom is -0.344 e.